The molecule has 2 rings (SSSR count). The molecule has 1 aromatic rings. The Balaban J connectivity index is 0.00000312. The van der Waals surface area contributed by atoms with Crippen LogP contribution >= 0.6 is 12.4 Å². The van der Waals surface area contributed by atoms with Crippen molar-refractivity contribution in [1.82, 2.24) is 4.90 Å². The molecular formula is C19H30ClN3O2. The first-order chi connectivity index (χ1) is 11.7. The topological polar surface area (TPSA) is 75.4 Å². The van der Waals surface area contributed by atoms with Gasteiger partial charge in [-0.1, -0.05) is 25.0 Å². The van der Waals surface area contributed by atoms with E-state index in [9.17, 15) is 9.59 Å². The highest BCUT2D eigenvalue weighted by atomic mass is 35.5. The first-order valence-corrected chi connectivity index (χ1v) is 9.10. The monoisotopic (exact) mass is 367 g/mol. The number of para-hydroxylation sites is 1. The van der Waals surface area contributed by atoms with Crippen molar-refractivity contribution in [2.45, 2.75) is 51.4 Å². The molecule has 2 amide bonds. The van der Waals surface area contributed by atoms with Gasteiger partial charge in [0.05, 0.1) is 11.3 Å². The summed E-state index contributed by atoms with van der Waals surface area (Å²) in [7, 11) is 0. The standard InChI is InChI=1S/C19H29N3O2.ClH/c20-13-7-2-1-4-12-18(23)21-17-11-6-5-10-16(17)19(24)22-14-8-3-9-15-22;/h5-6,10-11H,1-4,7-9,12-15,20H2,(H,21,23);1H. The molecule has 140 valence electrons. The first-order valence-electron chi connectivity index (χ1n) is 9.10. The highest BCUT2D eigenvalue weighted by Crippen LogP contribution is 2.20. The number of carbonyl (C=O) groups is 2. The lowest BCUT2D eigenvalue weighted by Gasteiger charge is -2.27. The number of hydrogen-bond donors (Lipinski definition) is 2. The first kappa shape index (κ1) is 21.5. The minimum Gasteiger partial charge on any atom is -0.339 e. The molecule has 25 heavy (non-hydrogen) atoms. The number of anilines is 1. The highest BCUT2D eigenvalue weighted by molar-refractivity contribution is 6.03. The number of nitrogens with one attached hydrogen (secondary N) is 1. The van der Waals surface area contributed by atoms with E-state index in [-0.39, 0.29) is 24.2 Å². The van der Waals surface area contributed by atoms with Gasteiger partial charge in [0.2, 0.25) is 5.91 Å². The molecule has 1 fully saturated rings. The van der Waals surface area contributed by atoms with Crippen LogP contribution in [0.1, 0.15) is 61.7 Å². The van der Waals surface area contributed by atoms with Crippen LogP contribution in [0, 0.1) is 0 Å². The molecule has 0 atom stereocenters. The second-order valence-corrected chi connectivity index (χ2v) is 6.40. The number of piperidine rings is 1. The Labute approximate surface area is 156 Å². The van der Waals surface area contributed by atoms with Crippen LogP contribution in [0.15, 0.2) is 24.3 Å². The number of unbranched alkanes of at least 4 members (excludes halogenated alkanes) is 3. The van der Waals surface area contributed by atoms with Crippen molar-refractivity contribution in [2.24, 2.45) is 5.73 Å². The molecule has 0 aromatic heterocycles. The smallest absolute Gasteiger partial charge is 0.255 e. The minimum atomic E-state index is -0.0263. The number of halogens is 1. The van der Waals surface area contributed by atoms with Gasteiger partial charge in [-0.15, -0.1) is 12.4 Å². The summed E-state index contributed by atoms with van der Waals surface area (Å²) in [5.41, 5.74) is 6.68. The van der Waals surface area contributed by atoms with Gasteiger partial charge in [0.1, 0.15) is 0 Å². The van der Waals surface area contributed by atoms with E-state index in [1.807, 2.05) is 23.1 Å². The molecule has 3 N–H and O–H groups in total. The largest absolute Gasteiger partial charge is 0.339 e. The van der Waals surface area contributed by atoms with Crippen LogP contribution in [0.5, 0.6) is 0 Å². The Kier molecular flexibility index (Phi) is 10.2. The van der Waals surface area contributed by atoms with E-state index in [0.717, 1.165) is 51.6 Å². The zero-order chi connectivity index (χ0) is 17.2. The van der Waals surface area contributed by atoms with E-state index < -0.39 is 0 Å². The molecule has 1 heterocycles. The van der Waals surface area contributed by atoms with Crippen LogP contribution in [-0.2, 0) is 4.79 Å². The lowest BCUT2D eigenvalue weighted by atomic mass is 10.1. The van der Waals surface area contributed by atoms with Crippen molar-refractivity contribution < 1.29 is 9.59 Å². The summed E-state index contributed by atoms with van der Waals surface area (Å²) in [6, 6.07) is 7.31. The molecule has 1 saturated heterocycles. The van der Waals surface area contributed by atoms with E-state index >= 15 is 0 Å². The van der Waals surface area contributed by atoms with Gasteiger partial charge in [-0.25, -0.2) is 0 Å². The summed E-state index contributed by atoms with van der Waals surface area (Å²) in [4.78, 5) is 26.7. The maximum atomic E-state index is 12.7. The van der Waals surface area contributed by atoms with Crippen molar-refractivity contribution in [1.29, 1.82) is 0 Å². The number of rotatable bonds is 8. The van der Waals surface area contributed by atoms with Gasteiger partial charge < -0.3 is 16.0 Å². The number of likely N-dealkylation sites (tertiary alicyclic amines) is 1. The maximum Gasteiger partial charge on any atom is 0.255 e. The van der Waals surface area contributed by atoms with Crippen molar-refractivity contribution in [3.63, 3.8) is 0 Å². The van der Waals surface area contributed by atoms with Crippen molar-refractivity contribution in [2.75, 3.05) is 25.0 Å². The second-order valence-electron chi connectivity index (χ2n) is 6.40. The number of nitrogens with two attached hydrogens (primary N) is 1. The van der Waals surface area contributed by atoms with Gasteiger partial charge in [-0.2, -0.15) is 0 Å². The van der Waals surface area contributed by atoms with E-state index in [4.69, 9.17) is 5.73 Å². The van der Waals surface area contributed by atoms with Gasteiger partial charge in [0, 0.05) is 19.5 Å². The van der Waals surface area contributed by atoms with Crippen LogP contribution in [-0.4, -0.2) is 36.3 Å². The van der Waals surface area contributed by atoms with Gasteiger partial charge in [0.15, 0.2) is 0 Å². The predicted octanol–water partition coefficient (Wildman–Crippen LogP) is 3.58. The maximum absolute atomic E-state index is 12.7. The van der Waals surface area contributed by atoms with Gasteiger partial charge in [0.25, 0.3) is 5.91 Å². The fourth-order valence-electron chi connectivity index (χ4n) is 3.04. The van der Waals surface area contributed by atoms with E-state index in [2.05, 4.69) is 5.32 Å². The number of benzene rings is 1. The van der Waals surface area contributed by atoms with Crippen molar-refractivity contribution in [3.8, 4) is 0 Å². The number of carbonyl (C=O) groups excluding carboxylic acids is 2. The molecule has 5 nitrogen and oxygen atoms in total. The van der Waals surface area contributed by atoms with E-state index in [1.165, 1.54) is 6.42 Å². The summed E-state index contributed by atoms with van der Waals surface area (Å²) in [6.07, 6.45) is 7.73. The molecule has 1 aromatic carbocycles. The fourth-order valence-corrected chi connectivity index (χ4v) is 3.04. The van der Waals surface area contributed by atoms with E-state index in [1.54, 1.807) is 6.07 Å². The van der Waals surface area contributed by atoms with Crippen molar-refractivity contribution >= 4 is 29.9 Å². The van der Waals surface area contributed by atoms with Crippen LogP contribution < -0.4 is 11.1 Å². The molecule has 0 bridgehead atoms. The van der Waals surface area contributed by atoms with Crippen LogP contribution in [0.3, 0.4) is 0 Å². The Morgan fingerprint density at radius 2 is 1.68 bits per heavy atom. The summed E-state index contributed by atoms with van der Waals surface area (Å²) in [6.45, 7) is 2.32. The zero-order valence-corrected chi connectivity index (χ0v) is 15.7. The Morgan fingerprint density at radius 3 is 2.40 bits per heavy atom. The molecule has 1 aliphatic heterocycles. The van der Waals surface area contributed by atoms with Gasteiger partial charge in [-0.05, 0) is 50.8 Å². The second kappa shape index (κ2) is 11.9. The van der Waals surface area contributed by atoms with Crippen LogP contribution in [0.4, 0.5) is 5.69 Å². The quantitative estimate of drug-likeness (QED) is 0.689. The Bertz CT molecular complexity index is 545. The molecular weight excluding hydrogens is 338 g/mol. The van der Waals surface area contributed by atoms with Gasteiger partial charge >= 0.3 is 0 Å². The molecule has 0 saturated carbocycles. The third kappa shape index (κ3) is 7.04. The molecule has 0 spiro atoms. The summed E-state index contributed by atoms with van der Waals surface area (Å²) >= 11 is 0. The minimum absolute atomic E-state index is 0. The normalized spacial score (nSPS) is 13.9. The Morgan fingerprint density at radius 1 is 1.00 bits per heavy atom. The van der Waals surface area contributed by atoms with Crippen LogP contribution in [0.2, 0.25) is 0 Å². The highest BCUT2D eigenvalue weighted by Gasteiger charge is 2.21. The molecule has 6 heteroatoms. The average molecular weight is 368 g/mol. The summed E-state index contributed by atoms with van der Waals surface area (Å²) < 4.78 is 0. The SMILES string of the molecule is Cl.NCCCCCCC(=O)Nc1ccccc1C(=O)N1CCCCC1. The number of hydrogen-bond acceptors (Lipinski definition) is 3. The lowest BCUT2D eigenvalue weighted by molar-refractivity contribution is -0.116. The third-order valence-corrected chi connectivity index (χ3v) is 4.43. The molecule has 0 unspecified atom stereocenters. The van der Waals surface area contributed by atoms with Crippen LogP contribution in [0.25, 0.3) is 0 Å². The summed E-state index contributed by atoms with van der Waals surface area (Å²) in [5, 5.41) is 2.91. The Hall–Kier alpha value is -1.59. The van der Waals surface area contributed by atoms with Gasteiger partial charge in [-0.3, -0.25) is 9.59 Å². The average Bonchev–Trinajstić information content (AvgIpc) is 2.62. The predicted molar refractivity (Wildman–Crippen MR) is 104 cm³/mol. The lowest BCUT2D eigenvalue weighted by Crippen LogP contribution is -2.36. The molecule has 0 radical (unpaired) electrons. The molecule has 1 aliphatic rings. The third-order valence-electron chi connectivity index (χ3n) is 4.43. The number of amides is 2. The van der Waals surface area contributed by atoms with Crippen molar-refractivity contribution in [3.05, 3.63) is 29.8 Å². The number of nitrogens with zero attached hydrogens (tertiary/aromatic N) is 1. The summed E-state index contributed by atoms with van der Waals surface area (Å²) in [5.74, 6) is -0.00446. The molecule has 0 aliphatic carbocycles. The zero-order valence-electron chi connectivity index (χ0n) is 14.8. The fraction of sp³-hybridized carbons (Fsp3) is 0.579. The van der Waals surface area contributed by atoms with E-state index in [0.29, 0.717) is 24.2 Å².